The predicted molar refractivity (Wildman–Crippen MR) is 96.0 cm³/mol. The molecule has 0 atom stereocenters. The van der Waals surface area contributed by atoms with Crippen LogP contribution in [0.3, 0.4) is 0 Å². The van der Waals surface area contributed by atoms with E-state index in [-0.39, 0.29) is 11.5 Å². The highest BCUT2D eigenvalue weighted by Crippen LogP contribution is 2.36. The van der Waals surface area contributed by atoms with E-state index in [9.17, 15) is 15.3 Å². The van der Waals surface area contributed by atoms with Crippen LogP contribution in [0.25, 0.3) is 0 Å². The molecule has 24 heavy (non-hydrogen) atoms. The fourth-order valence-corrected chi connectivity index (χ4v) is 4.83. The Hall–Kier alpha value is -2.59. The number of phenols is 3. The van der Waals surface area contributed by atoms with Crippen LogP contribution < -0.4 is 0 Å². The molecule has 0 radical (unpaired) electrons. The smallest absolute Gasteiger partial charge is 0.167 e. The van der Waals surface area contributed by atoms with Crippen LogP contribution in [0.5, 0.6) is 17.2 Å². The van der Waals surface area contributed by atoms with Gasteiger partial charge in [0, 0.05) is 12.1 Å². The summed E-state index contributed by atoms with van der Waals surface area (Å²) in [5.74, 6) is 0.774. The van der Waals surface area contributed by atoms with Crippen LogP contribution in [0.1, 0.15) is 11.1 Å². The Balaban J connectivity index is 2.18. The molecule has 0 heterocycles. The van der Waals surface area contributed by atoms with E-state index in [0.717, 1.165) is 25.8 Å². The number of aryl methyl sites for hydroxylation is 2. The first-order valence-corrected chi connectivity index (χ1v) is 8.81. The highest BCUT2D eigenvalue weighted by atomic mass is 32.2. The summed E-state index contributed by atoms with van der Waals surface area (Å²) in [6, 6.07) is 18.3. The lowest BCUT2D eigenvalue weighted by molar-refractivity contribution is 0.466. The largest absolute Gasteiger partial charge is 0.508 e. The molecule has 0 aliphatic carbocycles. The van der Waals surface area contributed by atoms with Crippen LogP contribution in [-0.4, -0.2) is 15.3 Å². The summed E-state index contributed by atoms with van der Waals surface area (Å²) >= 11 is 0. The maximum Gasteiger partial charge on any atom is 0.167 e. The highest BCUT2D eigenvalue weighted by Gasteiger charge is 2.29. The molecule has 3 aromatic carbocycles. The third kappa shape index (κ3) is 3.19. The number of hydrogen-bond donors (Lipinski definition) is 3. The molecule has 3 aromatic rings. The summed E-state index contributed by atoms with van der Waals surface area (Å²) in [7, 11) is -0.393. The fourth-order valence-electron chi connectivity index (χ4n) is 2.61. The standard InChI is InChI=1S/C20H18O3S/c1-13-11-19(12-14(2)20(13)23)24(17-7-3-15(21)4-8-17)18-9-5-16(22)6-10-18/h3-12H,1-2H3,(H2-,21,22,23)/p+1. The van der Waals surface area contributed by atoms with Gasteiger partial charge in [-0.25, -0.2) is 0 Å². The Kier molecular flexibility index (Phi) is 4.40. The Morgan fingerprint density at radius 1 is 0.583 bits per heavy atom. The average Bonchev–Trinajstić information content (AvgIpc) is 2.56. The molecule has 0 aliphatic rings. The first-order chi connectivity index (χ1) is 11.5. The molecular weight excluding hydrogens is 320 g/mol. The Bertz CT molecular complexity index is 787. The topological polar surface area (TPSA) is 60.7 Å². The molecule has 0 unspecified atom stereocenters. The Labute approximate surface area is 144 Å². The van der Waals surface area contributed by atoms with Crippen LogP contribution in [0.2, 0.25) is 0 Å². The minimum Gasteiger partial charge on any atom is -0.508 e. The molecule has 0 fully saturated rings. The van der Waals surface area contributed by atoms with E-state index < -0.39 is 10.9 Å². The third-order valence-corrected chi connectivity index (χ3v) is 6.04. The van der Waals surface area contributed by atoms with Crippen molar-refractivity contribution in [1.29, 1.82) is 0 Å². The van der Waals surface area contributed by atoms with Crippen LogP contribution >= 0.6 is 0 Å². The van der Waals surface area contributed by atoms with E-state index in [0.29, 0.717) is 5.75 Å². The van der Waals surface area contributed by atoms with Gasteiger partial charge in [0.25, 0.3) is 0 Å². The van der Waals surface area contributed by atoms with E-state index in [4.69, 9.17) is 0 Å². The lowest BCUT2D eigenvalue weighted by Gasteiger charge is -2.11. The van der Waals surface area contributed by atoms with Gasteiger partial charge in [-0.05, 0) is 73.5 Å². The van der Waals surface area contributed by atoms with Gasteiger partial charge in [-0.2, -0.15) is 0 Å². The zero-order chi connectivity index (χ0) is 17.3. The minimum atomic E-state index is -0.393. The summed E-state index contributed by atoms with van der Waals surface area (Å²) in [6.07, 6.45) is 0. The minimum absolute atomic E-state index is 0.228. The van der Waals surface area contributed by atoms with E-state index in [2.05, 4.69) is 0 Å². The molecule has 3 nitrogen and oxygen atoms in total. The molecule has 3 rings (SSSR count). The lowest BCUT2D eigenvalue weighted by atomic mass is 10.1. The Morgan fingerprint density at radius 3 is 1.33 bits per heavy atom. The number of rotatable bonds is 3. The zero-order valence-corrected chi connectivity index (χ0v) is 14.3. The molecule has 0 spiro atoms. The van der Waals surface area contributed by atoms with Crippen LogP contribution in [0.4, 0.5) is 0 Å². The first-order valence-electron chi connectivity index (χ1n) is 7.58. The predicted octanol–water partition coefficient (Wildman–Crippen LogP) is 4.52. The van der Waals surface area contributed by atoms with E-state index in [1.807, 2.05) is 50.2 Å². The third-order valence-electron chi connectivity index (χ3n) is 3.85. The maximum atomic E-state index is 10.1. The van der Waals surface area contributed by atoms with Crippen molar-refractivity contribution < 1.29 is 15.3 Å². The first kappa shape index (κ1) is 16.3. The molecule has 0 bridgehead atoms. The number of hydrogen-bond acceptors (Lipinski definition) is 3. The van der Waals surface area contributed by atoms with Gasteiger partial charge in [-0.3, -0.25) is 0 Å². The van der Waals surface area contributed by atoms with Gasteiger partial charge in [-0.1, -0.05) is 0 Å². The van der Waals surface area contributed by atoms with Gasteiger partial charge in [0.2, 0.25) is 0 Å². The van der Waals surface area contributed by atoms with Crippen LogP contribution in [0.15, 0.2) is 75.4 Å². The van der Waals surface area contributed by atoms with Gasteiger partial charge in [0.05, 0.1) is 10.9 Å². The van der Waals surface area contributed by atoms with E-state index in [1.165, 1.54) is 0 Å². The molecule has 122 valence electrons. The van der Waals surface area contributed by atoms with Gasteiger partial charge in [-0.15, -0.1) is 0 Å². The van der Waals surface area contributed by atoms with Gasteiger partial charge in [0.1, 0.15) is 17.2 Å². The fraction of sp³-hybridized carbons (Fsp3) is 0.100. The SMILES string of the molecule is Cc1cc([S+](c2ccc(O)cc2)c2ccc(O)cc2)cc(C)c1O. The molecule has 0 amide bonds. The normalized spacial score (nSPS) is 11.0. The average molecular weight is 339 g/mol. The molecular formula is C20H19O3S+. The Morgan fingerprint density at radius 2 is 0.958 bits per heavy atom. The van der Waals surface area contributed by atoms with Gasteiger partial charge < -0.3 is 15.3 Å². The van der Waals surface area contributed by atoms with Crippen molar-refractivity contribution in [3.63, 3.8) is 0 Å². The summed E-state index contributed by atoms with van der Waals surface area (Å²) in [5.41, 5.74) is 1.67. The van der Waals surface area contributed by atoms with E-state index >= 15 is 0 Å². The zero-order valence-electron chi connectivity index (χ0n) is 13.5. The van der Waals surface area contributed by atoms with Crippen molar-refractivity contribution in [2.45, 2.75) is 28.5 Å². The second-order valence-corrected chi connectivity index (χ2v) is 7.73. The van der Waals surface area contributed by atoms with Crippen molar-refractivity contribution >= 4 is 10.9 Å². The van der Waals surface area contributed by atoms with Crippen LogP contribution in [0, 0.1) is 13.8 Å². The van der Waals surface area contributed by atoms with Crippen molar-refractivity contribution in [1.82, 2.24) is 0 Å². The van der Waals surface area contributed by atoms with Gasteiger partial charge >= 0.3 is 0 Å². The monoisotopic (exact) mass is 339 g/mol. The molecule has 0 saturated heterocycles. The molecule has 3 N–H and O–H groups in total. The summed E-state index contributed by atoms with van der Waals surface area (Å²) in [5, 5.41) is 29.2. The quantitative estimate of drug-likeness (QED) is 0.615. The second kappa shape index (κ2) is 6.49. The van der Waals surface area contributed by atoms with E-state index in [1.54, 1.807) is 24.3 Å². The summed E-state index contributed by atoms with van der Waals surface area (Å²) in [4.78, 5) is 3.20. The summed E-state index contributed by atoms with van der Waals surface area (Å²) < 4.78 is 0. The molecule has 0 aromatic heterocycles. The molecule has 0 saturated carbocycles. The number of phenolic OH excluding ortho intramolecular Hbond substituents is 3. The van der Waals surface area contributed by atoms with Crippen molar-refractivity contribution in [3.05, 3.63) is 71.8 Å². The lowest BCUT2D eigenvalue weighted by Crippen LogP contribution is -2.05. The summed E-state index contributed by atoms with van der Waals surface area (Å²) in [6.45, 7) is 3.78. The maximum absolute atomic E-state index is 10.1. The molecule has 0 aliphatic heterocycles. The highest BCUT2D eigenvalue weighted by molar-refractivity contribution is 7.97. The second-order valence-electron chi connectivity index (χ2n) is 5.70. The van der Waals surface area contributed by atoms with Crippen LogP contribution in [-0.2, 0) is 10.9 Å². The number of benzene rings is 3. The van der Waals surface area contributed by atoms with Gasteiger partial charge in [0.15, 0.2) is 14.7 Å². The van der Waals surface area contributed by atoms with Crippen molar-refractivity contribution in [2.75, 3.05) is 0 Å². The number of aromatic hydroxyl groups is 3. The van der Waals surface area contributed by atoms with Crippen molar-refractivity contribution in [3.8, 4) is 17.2 Å². The van der Waals surface area contributed by atoms with Crippen molar-refractivity contribution in [2.24, 2.45) is 0 Å². The molecule has 4 heteroatoms.